The molecule has 24 heavy (non-hydrogen) atoms. The summed E-state index contributed by atoms with van der Waals surface area (Å²) in [5.74, 6) is -0.357. The first kappa shape index (κ1) is 18.3. The molecule has 0 aliphatic carbocycles. The number of nitrogens with one attached hydrogen (secondary N) is 1. The van der Waals surface area contributed by atoms with Crippen molar-refractivity contribution in [3.63, 3.8) is 0 Å². The number of rotatable bonds is 6. The molecule has 0 aliphatic rings. The van der Waals surface area contributed by atoms with E-state index in [-0.39, 0.29) is 29.1 Å². The first-order valence-corrected chi connectivity index (χ1v) is 9.63. The first-order chi connectivity index (χ1) is 11.2. The van der Waals surface area contributed by atoms with Gasteiger partial charge in [0.2, 0.25) is 0 Å². The van der Waals surface area contributed by atoms with Crippen LogP contribution in [0.15, 0.2) is 41.3 Å². The number of amides is 1. The van der Waals surface area contributed by atoms with Crippen molar-refractivity contribution in [1.29, 1.82) is 0 Å². The van der Waals surface area contributed by atoms with Crippen LogP contribution in [0.25, 0.3) is 0 Å². The van der Waals surface area contributed by atoms with Crippen LogP contribution in [0.5, 0.6) is 0 Å². The van der Waals surface area contributed by atoms with Gasteiger partial charge in [0.05, 0.1) is 16.2 Å². The minimum Gasteiger partial charge on any atom is -0.351 e. The van der Waals surface area contributed by atoms with E-state index < -0.39 is 9.84 Å². The minimum absolute atomic E-state index is 0.0847. The van der Waals surface area contributed by atoms with Crippen molar-refractivity contribution in [2.45, 2.75) is 38.6 Å². The highest BCUT2D eigenvalue weighted by atomic mass is 32.2. The molecule has 1 aromatic carbocycles. The van der Waals surface area contributed by atoms with Crippen molar-refractivity contribution < 1.29 is 13.2 Å². The molecule has 0 saturated carbocycles. The third-order valence-electron chi connectivity index (χ3n) is 4.00. The number of aryl methyl sites for hydroxylation is 1. The van der Waals surface area contributed by atoms with Gasteiger partial charge in [-0.25, -0.2) is 8.42 Å². The van der Waals surface area contributed by atoms with Crippen molar-refractivity contribution in [1.82, 2.24) is 9.88 Å². The highest BCUT2D eigenvalue weighted by Gasteiger charge is 2.18. The molecule has 0 bridgehead atoms. The summed E-state index contributed by atoms with van der Waals surface area (Å²) in [6, 6.07) is 10.4. The molecule has 0 atom stereocenters. The second kappa shape index (κ2) is 7.21. The maximum absolute atomic E-state index is 12.4. The second-order valence-electron chi connectivity index (χ2n) is 6.14. The van der Waals surface area contributed by atoms with Gasteiger partial charge < -0.3 is 9.88 Å². The molecule has 0 aliphatic heterocycles. The Bertz CT molecular complexity index is 821. The van der Waals surface area contributed by atoms with Crippen LogP contribution in [0, 0.1) is 13.8 Å². The second-order valence-corrected chi connectivity index (χ2v) is 8.25. The van der Waals surface area contributed by atoms with E-state index in [1.54, 1.807) is 30.3 Å². The molecule has 0 spiro atoms. The lowest BCUT2D eigenvalue weighted by Crippen LogP contribution is -2.29. The number of hydrogen-bond acceptors (Lipinski definition) is 3. The lowest BCUT2D eigenvalue weighted by molar-refractivity contribution is 0.0955. The summed E-state index contributed by atoms with van der Waals surface area (Å²) in [6.45, 7) is 8.08. The monoisotopic (exact) mass is 348 g/mol. The fourth-order valence-electron chi connectivity index (χ4n) is 2.94. The molecule has 1 N–H and O–H groups in total. The number of hydrogen-bond donors (Lipinski definition) is 1. The van der Waals surface area contributed by atoms with Gasteiger partial charge in [-0.2, -0.15) is 0 Å². The van der Waals surface area contributed by atoms with Gasteiger partial charge in [0.15, 0.2) is 9.84 Å². The molecule has 6 heteroatoms. The summed E-state index contributed by atoms with van der Waals surface area (Å²) in [5.41, 5.74) is 2.51. The Morgan fingerprint density at radius 3 is 2.33 bits per heavy atom. The number of carbonyl (C=O) groups is 1. The molecular weight excluding hydrogens is 324 g/mol. The molecule has 130 valence electrons. The summed E-state index contributed by atoms with van der Waals surface area (Å²) in [7, 11) is -3.38. The van der Waals surface area contributed by atoms with Crippen molar-refractivity contribution in [2.24, 2.45) is 0 Å². The van der Waals surface area contributed by atoms with Crippen LogP contribution >= 0.6 is 0 Å². The standard InChI is InChI=1S/C18H24N2O3S/c1-13(2)20-14(3)12-17(15(20)4)18(21)19-10-11-24(22,23)16-8-6-5-7-9-16/h5-9,12-13H,10-11H2,1-4H3,(H,19,21). The third-order valence-corrected chi connectivity index (χ3v) is 5.74. The number of aromatic nitrogens is 1. The van der Waals surface area contributed by atoms with Gasteiger partial charge in [0.25, 0.3) is 5.91 Å². The summed E-state index contributed by atoms with van der Waals surface area (Å²) >= 11 is 0. The third kappa shape index (κ3) is 3.87. The zero-order valence-corrected chi connectivity index (χ0v) is 15.4. The summed E-state index contributed by atoms with van der Waals surface area (Å²) in [6.07, 6.45) is 0. The van der Waals surface area contributed by atoms with E-state index in [2.05, 4.69) is 23.7 Å². The summed E-state index contributed by atoms with van der Waals surface area (Å²) in [4.78, 5) is 12.6. The largest absolute Gasteiger partial charge is 0.351 e. The maximum atomic E-state index is 12.4. The van der Waals surface area contributed by atoms with E-state index in [0.29, 0.717) is 5.56 Å². The lowest BCUT2D eigenvalue weighted by Gasteiger charge is -2.13. The zero-order valence-electron chi connectivity index (χ0n) is 14.5. The Morgan fingerprint density at radius 2 is 1.79 bits per heavy atom. The van der Waals surface area contributed by atoms with Gasteiger partial charge in [-0.1, -0.05) is 18.2 Å². The molecule has 2 rings (SSSR count). The number of benzene rings is 1. The molecular formula is C18H24N2O3S. The van der Waals surface area contributed by atoms with Crippen molar-refractivity contribution in [3.05, 3.63) is 53.3 Å². The average molecular weight is 348 g/mol. The quantitative estimate of drug-likeness (QED) is 0.873. The molecule has 1 amide bonds. The van der Waals surface area contributed by atoms with E-state index >= 15 is 0 Å². The van der Waals surface area contributed by atoms with Crippen LogP contribution in [-0.4, -0.2) is 31.2 Å². The predicted molar refractivity (Wildman–Crippen MR) is 95.1 cm³/mol. The summed E-state index contributed by atoms with van der Waals surface area (Å²) in [5, 5.41) is 2.71. The van der Waals surface area contributed by atoms with E-state index in [9.17, 15) is 13.2 Å². The molecule has 0 unspecified atom stereocenters. The Balaban J connectivity index is 2.03. The van der Waals surface area contributed by atoms with E-state index in [0.717, 1.165) is 11.4 Å². The van der Waals surface area contributed by atoms with Crippen LogP contribution in [0.3, 0.4) is 0 Å². The van der Waals surface area contributed by atoms with Gasteiger partial charge in [0.1, 0.15) is 0 Å². The SMILES string of the molecule is Cc1cc(C(=O)NCCS(=O)(=O)c2ccccc2)c(C)n1C(C)C. The molecule has 1 aromatic heterocycles. The molecule has 5 nitrogen and oxygen atoms in total. The van der Waals surface area contributed by atoms with Crippen LogP contribution in [-0.2, 0) is 9.84 Å². The van der Waals surface area contributed by atoms with E-state index in [4.69, 9.17) is 0 Å². The van der Waals surface area contributed by atoms with Crippen LogP contribution < -0.4 is 5.32 Å². The van der Waals surface area contributed by atoms with Crippen molar-refractivity contribution in [3.8, 4) is 0 Å². The van der Waals surface area contributed by atoms with Crippen LogP contribution in [0.1, 0.15) is 41.6 Å². The van der Waals surface area contributed by atoms with Gasteiger partial charge in [0, 0.05) is 24.0 Å². The van der Waals surface area contributed by atoms with E-state index in [1.807, 2.05) is 19.9 Å². The van der Waals surface area contributed by atoms with Gasteiger partial charge in [-0.05, 0) is 45.9 Å². The highest BCUT2D eigenvalue weighted by Crippen LogP contribution is 2.20. The van der Waals surface area contributed by atoms with Crippen molar-refractivity contribution in [2.75, 3.05) is 12.3 Å². The Labute approximate surface area is 143 Å². The van der Waals surface area contributed by atoms with Gasteiger partial charge in [-0.15, -0.1) is 0 Å². The average Bonchev–Trinajstić information content (AvgIpc) is 2.82. The smallest absolute Gasteiger partial charge is 0.253 e. The number of carbonyl (C=O) groups excluding carboxylic acids is 1. The fraction of sp³-hybridized carbons (Fsp3) is 0.389. The molecule has 0 saturated heterocycles. The number of sulfone groups is 1. The predicted octanol–water partition coefficient (Wildman–Crippen LogP) is 2.89. The zero-order chi connectivity index (χ0) is 17.9. The maximum Gasteiger partial charge on any atom is 0.253 e. The van der Waals surface area contributed by atoms with Gasteiger partial charge >= 0.3 is 0 Å². The van der Waals surface area contributed by atoms with Crippen LogP contribution in [0.4, 0.5) is 0 Å². The highest BCUT2D eigenvalue weighted by molar-refractivity contribution is 7.91. The van der Waals surface area contributed by atoms with Crippen molar-refractivity contribution >= 4 is 15.7 Å². The lowest BCUT2D eigenvalue weighted by atomic mass is 10.2. The normalized spacial score (nSPS) is 11.7. The first-order valence-electron chi connectivity index (χ1n) is 7.98. The Kier molecular flexibility index (Phi) is 5.49. The molecule has 2 aromatic rings. The van der Waals surface area contributed by atoms with Crippen LogP contribution in [0.2, 0.25) is 0 Å². The topological polar surface area (TPSA) is 68.2 Å². The Morgan fingerprint density at radius 1 is 1.17 bits per heavy atom. The molecule has 0 radical (unpaired) electrons. The minimum atomic E-state index is -3.38. The van der Waals surface area contributed by atoms with Gasteiger partial charge in [-0.3, -0.25) is 4.79 Å². The molecule has 1 heterocycles. The molecule has 0 fully saturated rings. The van der Waals surface area contributed by atoms with E-state index in [1.165, 1.54) is 0 Å². The summed E-state index contributed by atoms with van der Waals surface area (Å²) < 4.78 is 26.5. The Hall–Kier alpha value is -2.08. The number of nitrogens with zero attached hydrogens (tertiary/aromatic N) is 1. The fourth-order valence-corrected chi connectivity index (χ4v) is 4.12.